The number of urea groups is 1. The van der Waals surface area contributed by atoms with Crippen LogP contribution < -0.4 is 10.2 Å². The number of hydrogen-bond acceptors (Lipinski definition) is 3. The average molecular weight is 383 g/mol. The number of carbonyl (C=O) groups is 3. The molecule has 1 aliphatic rings. The van der Waals surface area contributed by atoms with Crippen LogP contribution in [0.15, 0.2) is 48.5 Å². The lowest BCUT2D eigenvalue weighted by molar-refractivity contribution is -0.124. The maximum atomic E-state index is 13.0. The number of aryl methyl sites for hydroxylation is 1. The first-order valence-electron chi connectivity index (χ1n) is 9.06. The zero-order valence-corrected chi connectivity index (χ0v) is 16.0. The van der Waals surface area contributed by atoms with E-state index < -0.39 is 29.7 Å². The molecule has 7 heteroatoms. The normalized spacial score (nSPS) is 16.8. The lowest BCUT2D eigenvalue weighted by Crippen LogP contribution is -2.42. The molecule has 1 fully saturated rings. The van der Waals surface area contributed by atoms with Gasteiger partial charge in [0.2, 0.25) is 5.91 Å². The fourth-order valence-corrected chi connectivity index (χ4v) is 3.30. The molecule has 2 aromatic rings. The molecule has 0 radical (unpaired) electrons. The predicted molar refractivity (Wildman–Crippen MR) is 104 cm³/mol. The van der Waals surface area contributed by atoms with Gasteiger partial charge in [-0.25, -0.2) is 14.1 Å². The summed E-state index contributed by atoms with van der Waals surface area (Å²) >= 11 is 0. The van der Waals surface area contributed by atoms with Crippen molar-refractivity contribution >= 4 is 29.2 Å². The minimum atomic E-state index is -0.895. The van der Waals surface area contributed by atoms with E-state index in [0.29, 0.717) is 11.4 Å². The van der Waals surface area contributed by atoms with E-state index in [9.17, 15) is 18.8 Å². The van der Waals surface area contributed by atoms with Crippen molar-refractivity contribution in [3.05, 3.63) is 59.9 Å². The van der Waals surface area contributed by atoms with E-state index in [1.54, 1.807) is 32.0 Å². The van der Waals surface area contributed by atoms with Gasteiger partial charge in [-0.05, 0) is 62.7 Å². The van der Waals surface area contributed by atoms with Crippen molar-refractivity contribution < 1.29 is 18.8 Å². The van der Waals surface area contributed by atoms with E-state index in [2.05, 4.69) is 5.32 Å². The highest BCUT2D eigenvalue weighted by Crippen LogP contribution is 2.29. The predicted octanol–water partition coefficient (Wildman–Crippen LogP) is 3.71. The second-order valence-corrected chi connectivity index (χ2v) is 7.07. The Morgan fingerprint density at radius 1 is 1.14 bits per heavy atom. The quantitative estimate of drug-likeness (QED) is 0.801. The second kappa shape index (κ2) is 7.80. The number of rotatable bonds is 5. The van der Waals surface area contributed by atoms with Crippen molar-refractivity contribution in [3.8, 4) is 0 Å². The zero-order chi connectivity index (χ0) is 20.4. The molecule has 0 spiro atoms. The smallest absolute Gasteiger partial charge is 0.326 e. The van der Waals surface area contributed by atoms with Crippen molar-refractivity contribution in [1.29, 1.82) is 0 Å². The Morgan fingerprint density at radius 3 is 2.43 bits per heavy atom. The van der Waals surface area contributed by atoms with Crippen molar-refractivity contribution in [2.45, 2.75) is 39.3 Å². The van der Waals surface area contributed by atoms with Gasteiger partial charge in [0, 0.05) is 11.7 Å². The maximum absolute atomic E-state index is 13.0. The molecular weight excluding hydrogens is 361 g/mol. The van der Waals surface area contributed by atoms with Gasteiger partial charge in [-0.2, -0.15) is 0 Å². The average Bonchev–Trinajstić information content (AvgIpc) is 2.87. The first-order valence-corrected chi connectivity index (χ1v) is 9.06. The molecule has 1 N–H and O–H groups in total. The summed E-state index contributed by atoms with van der Waals surface area (Å²) in [4.78, 5) is 40.9. The molecule has 0 unspecified atom stereocenters. The van der Waals surface area contributed by atoms with Gasteiger partial charge in [0.25, 0.3) is 5.91 Å². The second-order valence-electron chi connectivity index (χ2n) is 7.07. The lowest BCUT2D eigenvalue weighted by Gasteiger charge is -2.25. The van der Waals surface area contributed by atoms with Crippen LogP contribution in [-0.2, 0) is 9.59 Å². The van der Waals surface area contributed by atoms with Crippen LogP contribution in [0.25, 0.3) is 0 Å². The summed E-state index contributed by atoms with van der Waals surface area (Å²) in [7, 11) is 0. The van der Waals surface area contributed by atoms with Crippen molar-refractivity contribution in [2.24, 2.45) is 0 Å². The van der Waals surface area contributed by atoms with Gasteiger partial charge in [0.05, 0.1) is 12.1 Å². The highest BCUT2D eigenvalue weighted by Gasteiger charge is 2.47. The molecule has 2 aromatic carbocycles. The monoisotopic (exact) mass is 383 g/mol. The number of carbonyl (C=O) groups excluding carboxylic acids is 3. The Bertz CT molecular complexity index is 911. The van der Waals surface area contributed by atoms with Crippen LogP contribution >= 0.6 is 0 Å². The standard InChI is InChI=1S/C21H22FN3O3/c1-13(2)24-18(12-19(26)23-16-9-7-15(22)8-10-16)20(27)25(21(24)28)17-6-4-5-14(3)11-17/h4-11,13,18H,12H2,1-3H3,(H,23,26)/t18-/m1/s1. The van der Waals surface area contributed by atoms with Gasteiger partial charge in [-0.1, -0.05) is 12.1 Å². The molecule has 1 heterocycles. The van der Waals surface area contributed by atoms with Gasteiger partial charge < -0.3 is 10.2 Å². The van der Waals surface area contributed by atoms with Crippen LogP contribution in [0.1, 0.15) is 25.8 Å². The number of nitrogens with one attached hydrogen (secondary N) is 1. The number of halogens is 1. The summed E-state index contributed by atoms with van der Waals surface area (Å²) in [6.45, 7) is 5.48. The minimum Gasteiger partial charge on any atom is -0.326 e. The van der Waals surface area contributed by atoms with Gasteiger partial charge >= 0.3 is 6.03 Å². The topological polar surface area (TPSA) is 69.7 Å². The summed E-state index contributed by atoms with van der Waals surface area (Å²) in [5, 5.41) is 2.64. The summed E-state index contributed by atoms with van der Waals surface area (Å²) in [5.41, 5.74) is 1.84. The van der Waals surface area contributed by atoms with E-state index in [1.165, 1.54) is 29.2 Å². The van der Waals surface area contributed by atoms with Crippen molar-refractivity contribution in [2.75, 3.05) is 10.2 Å². The third-order valence-corrected chi connectivity index (χ3v) is 4.58. The number of nitrogens with zero attached hydrogens (tertiary/aromatic N) is 2. The Hall–Kier alpha value is -3.22. The summed E-state index contributed by atoms with van der Waals surface area (Å²) in [6.07, 6.45) is -0.178. The first kappa shape index (κ1) is 19.5. The molecule has 0 aromatic heterocycles. The molecule has 4 amide bonds. The van der Waals surface area contributed by atoms with Gasteiger partial charge in [0.15, 0.2) is 0 Å². The molecule has 6 nitrogen and oxygen atoms in total. The Labute approximate surface area is 162 Å². The first-order chi connectivity index (χ1) is 13.3. The molecule has 28 heavy (non-hydrogen) atoms. The largest absolute Gasteiger partial charge is 0.332 e. The highest BCUT2D eigenvalue weighted by atomic mass is 19.1. The Morgan fingerprint density at radius 2 is 1.82 bits per heavy atom. The van der Waals surface area contributed by atoms with E-state index >= 15 is 0 Å². The SMILES string of the molecule is Cc1cccc(N2C(=O)[C@@H](CC(=O)Nc3ccc(F)cc3)N(C(C)C)C2=O)c1. The number of anilines is 2. The fraction of sp³-hybridized carbons (Fsp3) is 0.286. The van der Waals surface area contributed by atoms with Crippen LogP contribution in [0.4, 0.5) is 20.6 Å². The molecule has 0 saturated carbocycles. The van der Waals surface area contributed by atoms with Crippen LogP contribution in [0.2, 0.25) is 0 Å². The van der Waals surface area contributed by atoms with Gasteiger partial charge in [-0.15, -0.1) is 0 Å². The van der Waals surface area contributed by atoms with Crippen LogP contribution in [0.3, 0.4) is 0 Å². The molecule has 3 rings (SSSR count). The maximum Gasteiger partial charge on any atom is 0.332 e. The molecule has 1 saturated heterocycles. The van der Waals surface area contributed by atoms with Gasteiger partial charge in [-0.3, -0.25) is 9.59 Å². The summed E-state index contributed by atoms with van der Waals surface area (Å²) < 4.78 is 13.0. The van der Waals surface area contributed by atoms with Crippen LogP contribution in [0, 0.1) is 12.7 Å². The van der Waals surface area contributed by atoms with Crippen molar-refractivity contribution in [3.63, 3.8) is 0 Å². The number of benzene rings is 2. The highest BCUT2D eigenvalue weighted by molar-refractivity contribution is 6.22. The molecule has 1 aliphatic heterocycles. The lowest BCUT2D eigenvalue weighted by atomic mass is 10.1. The molecule has 0 aliphatic carbocycles. The van der Waals surface area contributed by atoms with E-state index in [4.69, 9.17) is 0 Å². The minimum absolute atomic E-state index is 0.178. The van der Waals surface area contributed by atoms with E-state index in [1.807, 2.05) is 13.0 Å². The molecular formula is C21H22FN3O3. The van der Waals surface area contributed by atoms with Crippen molar-refractivity contribution in [1.82, 2.24) is 4.90 Å². The molecule has 146 valence electrons. The molecule has 0 bridgehead atoms. The summed E-state index contributed by atoms with van der Waals surface area (Å²) in [5.74, 6) is -1.26. The third-order valence-electron chi connectivity index (χ3n) is 4.58. The van der Waals surface area contributed by atoms with Crippen LogP contribution in [0.5, 0.6) is 0 Å². The number of amides is 4. The van der Waals surface area contributed by atoms with E-state index in [0.717, 1.165) is 10.5 Å². The van der Waals surface area contributed by atoms with E-state index in [-0.39, 0.29) is 12.5 Å². The summed E-state index contributed by atoms with van der Waals surface area (Å²) in [6, 6.07) is 10.9. The number of imide groups is 1. The Balaban J connectivity index is 1.82. The Kier molecular flexibility index (Phi) is 5.44. The molecule has 1 atom stereocenters. The van der Waals surface area contributed by atoms with Crippen LogP contribution in [-0.4, -0.2) is 34.8 Å². The number of hydrogen-bond donors (Lipinski definition) is 1. The fourth-order valence-electron chi connectivity index (χ4n) is 3.30. The van der Waals surface area contributed by atoms with Gasteiger partial charge in [0.1, 0.15) is 11.9 Å². The third kappa shape index (κ3) is 3.88. The zero-order valence-electron chi connectivity index (χ0n) is 16.0.